The number of carbonyl (C=O) groups excluding carboxylic acids is 1. The number of amides is 1. The Kier molecular flexibility index (Phi) is 5.46. The van der Waals surface area contributed by atoms with E-state index >= 15 is 0 Å². The van der Waals surface area contributed by atoms with Gasteiger partial charge in [0.2, 0.25) is 0 Å². The first-order chi connectivity index (χ1) is 13.3. The van der Waals surface area contributed by atoms with Crippen LogP contribution in [0.15, 0.2) is 36.8 Å². The summed E-state index contributed by atoms with van der Waals surface area (Å²) in [5.41, 5.74) is 0.467. The van der Waals surface area contributed by atoms with E-state index in [1.807, 2.05) is 23.1 Å². The van der Waals surface area contributed by atoms with E-state index in [0.29, 0.717) is 24.8 Å². The van der Waals surface area contributed by atoms with E-state index in [0.717, 1.165) is 24.7 Å². The van der Waals surface area contributed by atoms with Crippen molar-refractivity contribution in [3.05, 3.63) is 42.5 Å². The SMILES string of the molecule is O=C(c1cc(NC2CCCCC2)ncn1)N1CCN(c2ccccn2)CC1. The molecule has 0 aromatic carbocycles. The van der Waals surface area contributed by atoms with Crippen molar-refractivity contribution in [2.45, 2.75) is 38.1 Å². The lowest BCUT2D eigenvalue weighted by Crippen LogP contribution is -2.49. The molecule has 0 spiro atoms. The highest BCUT2D eigenvalue weighted by Gasteiger charge is 2.24. The van der Waals surface area contributed by atoms with Gasteiger partial charge >= 0.3 is 0 Å². The molecular weight excluding hydrogens is 340 g/mol. The Labute approximate surface area is 159 Å². The molecule has 7 heteroatoms. The first-order valence-electron chi connectivity index (χ1n) is 9.83. The maximum absolute atomic E-state index is 12.9. The Hall–Kier alpha value is -2.70. The Morgan fingerprint density at radius 3 is 2.56 bits per heavy atom. The molecule has 142 valence electrons. The van der Waals surface area contributed by atoms with Gasteiger partial charge in [0.05, 0.1) is 0 Å². The van der Waals surface area contributed by atoms with Crippen LogP contribution in [0.5, 0.6) is 0 Å². The molecule has 0 bridgehead atoms. The molecule has 1 saturated carbocycles. The second kappa shape index (κ2) is 8.33. The minimum absolute atomic E-state index is 0.0234. The zero-order valence-corrected chi connectivity index (χ0v) is 15.5. The van der Waals surface area contributed by atoms with E-state index in [4.69, 9.17) is 0 Å². The standard InChI is InChI=1S/C20H26N6O/c27-20(26-12-10-25(11-13-26)19-8-4-5-9-21-19)17-14-18(23-15-22-17)24-16-6-2-1-3-7-16/h4-5,8-9,14-16H,1-3,6-7,10-13H2,(H,22,23,24). The first kappa shape index (κ1) is 17.7. The van der Waals surface area contributed by atoms with Gasteiger partial charge in [0, 0.05) is 44.5 Å². The van der Waals surface area contributed by atoms with Crippen LogP contribution in [0.4, 0.5) is 11.6 Å². The summed E-state index contributed by atoms with van der Waals surface area (Å²) in [7, 11) is 0. The number of hydrogen-bond donors (Lipinski definition) is 1. The molecule has 27 heavy (non-hydrogen) atoms. The van der Waals surface area contributed by atoms with Gasteiger partial charge in [-0.3, -0.25) is 4.79 Å². The largest absolute Gasteiger partial charge is 0.367 e. The van der Waals surface area contributed by atoms with Crippen LogP contribution in [0, 0.1) is 0 Å². The van der Waals surface area contributed by atoms with Crippen molar-refractivity contribution in [3.63, 3.8) is 0 Å². The molecule has 1 amide bonds. The summed E-state index contributed by atoms with van der Waals surface area (Å²) in [6, 6.07) is 8.16. The quantitative estimate of drug-likeness (QED) is 0.896. The fourth-order valence-electron chi connectivity index (χ4n) is 3.85. The highest BCUT2D eigenvalue weighted by molar-refractivity contribution is 5.93. The summed E-state index contributed by atoms with van der Waals surface area (Å²) in [4.78, 5) is 29.8. The molecule has 1 N–H and O–H groups in total. The van der Waals surface area contributed by atoms with Crippen LogP contribution in [-0.4, -0.2) is 58.0 Å². The second-order valence-corrected chi connectivity index (χ2v) is 7.23. The molecule has 2 aromatic heterocycles. The van der Waals surface area contributed by atoms with E-state index in [2.05, 4.69) is 25.2 Å². The Bertz CT molecular complexity index is 754. The van der Waals surface area contributed by atoms with Crippen LogP contribution in [0.25, 0.3) is 0 Å². The number of piperazine rings is 1. The molecule has 7 nitrogen and oxygen atoms in total. The minimum atomic E-state index is -0.0234. The van der Waals surface area contributed by atoms with E-state index in [1.165, 1.54) is 38.4 Å². The van der Waals surface area contributed by atoms with Crippen molar-refractivity contribution in [2.24, 2.45) is 0 Å². The summed E-state index contributed by atoms with van der Waals surface area (Å²) < 4.78 is 0. The van der Waals surface area contributed by atoms with E-state index < -0.39 is 0 Å². The Morgan fingerprint density at radius 2 is 1.81 bits per heavy atom. The molecule has 0 unspecified atom stereocenters. The molecule has 0 atom stereocenters. The molecule has 4 rings (SSSR count). The summed E-state index contributed by atoms with van der Waals surface area (Å²) >= 11 is 0. The van der Waals surface area contributed by atoms with Crippen LogP contribution in [0.3, 0.4) is 0 Å². The van der Waals surface area contributed by atoms with Gasteiger partial charge in [0.25, 0.3) is 5.91 Å². The Morgan fingerprint density at radius 1 is 1.00 bits per heavy atom. The average molecular weight is 366 g/mol. The number of pyridine rings is 1. The number of aromatic nitrogens is 3. The topological polar surface area (TPSA) is 74.2 Å². The third-order valence-electron chi connectivity index (χ3n) is 5.38. The lowest BCUT2D eigenvalue weighted by atomic mass is 9.95. The second-order valence-electron chi connectivity index (χ2n) is 7.23. The third kappa shape index (κ3) is 4.35. The summed E-state index contributed by atoms with van der Waals surface area (Å²) in [6.07, 6.45) is 9.46. The molecule has 2 aromatic rings. The molecule has 2 aliphatic rings. The lowest BCUT2D eigenvalue weighted by molar-refractivity contribution is 0.0740. The zero-order chi connectivity index (χ0) is 18.5. The number of nitrogens with one attached hydrogen (secondary N) is 1. The molecule has 1 aliphatic carbocycles. The molecule has 3 heterocycles. The molecule has 0 radical (unpaired) electrons. The minimum Gasteiger partial charge on any atom is -0.367 e. The summed E-state index contributed by atoms with van der Waals surface area (Å²) in [5, 5.41) is 3.47. The van der Waals surface area contributed by atoms with Crippen LogP contribution in [0.1, 0.15) is 42.6 Å². The van der Waals surface area contributed by atoms with Gasteiger partial charge in [0.1, 0.15) is 23.7 Å². The molecule has 1 aliphatic heterocycles. The van der Waals surface area contributed by atoms with Gasteiger partial charge in [-0.1, -0.05) is 25.3 Å². The van der Waals surface area contributed by atoms with Crippen molar-refractivity contribution in [2.75, 3.05) is 36.4 Å². The zero-order valence-electron chi connectivity index (χ0n) is 15.5. The monoisotopic (exact) mass is 366 g/mol. The first-order valence-corrected chi connectivity index (χ1v) is 9.83. The predicted octanol–water partition coefficient (Wildman–Crippen LogP) is 2.58. The maximum atomic E-state index is 12.9. The van der Waals surface area contributed by atoms with E-state index in [-0.39, 0.29) is 5.91 Å². The van der Waals surface area contributed by atoms with Gasteiger partial charge in [-0.25, -0.2) is 15.0 Å². The highest BCUT2D eigenvalue weighted by atomic mass is 16.2. The molecular formula is C20H26N6O. The predicted molar refractivity (Wildman–Crippen MR) is 105 cm³/mol. The van der Waals surface area contributed by atoms with Gasteiger partial charge in [0.15, 0.2) is 0 Å². The number of anilines is 2. The van der Waals surface area contributed by atoms with Crippen molar-refractivity contribution in [3.8, 4) is 0 Å². The number of carbonyl (C=O) groups is 1. The molecule has 2 fully saturated rings. The normalized spacial score (nSPS) is 18.4. The van der Waals surface area contributed by atoms with Crippen LogP contribution in [-0.2, 0) is 0 Å². The number of nitrogens with zero attached hydrogens (tertiary/aromatic N) is 5. The maximum Gasteiger partial charge on any atom is 0.272 e. The van der Waals surface area contributed by atoms with E-state index in [9.17, 15) is 4.79 Å². The fourth-order valence-corrected chi connectivity index (χ4v) is 3.85. The van der Waals surface area contributed by atoms with Gasteiger partial charge < -0.3 is 15.1 Å². The number of hydrogen-bond acceptors (Lipinski definition) is 6. The smallest absolute Gasteiger partial charge is 0.272 e. The van der Waals surface area contributed by atoms with Crippen molar-refractivity contribution in [1.82, 2.24) is 19.9 Å². The van der Waals surface area contributed by atoms with Crippen molar-refractivity contribution in [1.29, 1.82) is 0 Å². The highest BCUT2D eigenvalue weighted by Crippen LogP contribution is 2.21. The summed E-state index contributed by atoms with van der Waals surface area (Å²) in [6.45, 7) is 2.90. The van der Waals surface area contributed by atoms with Crippen LogP contribution in [0.2, 0.25) is 0 Å². The summed E-state index contributed by atoms with van der Waals surface area (Å²) in [5.74, 6) is 1.70. The molecule has 1 saturated heterocycles. The van der Waals surface area contributed by atoms with Gasteiger partial charge in [-0.05, 0) is 25.0 Å². The average Bonchev–Trinajstić information content (AvgIpc) is 2.75. The lowest BCUT2D eigenvalue weighted by Gasteiger charge is -2.35. The van der Waals surface area contributed by atoms with Crippen molar-refractivity contribution >= 4 is 17.5 Å². The van der Waals surface area contributed by atoms with Crippen LogP contribution < -0.4 is 10.2 Å². The van der Waals surface area contributed by atoms with Gasteiger partial charge in [-0.2, -0.15) is 0 Å². The third-order valence-corrected chi connectivity index (χ3v) is 5.38. The number of rotatable bonds is 4. The van der Waals surface area contributed by atoms with Crippen molar-refractivity contribution < 1.29 is 4.79 Å². The van der Waals surface area contributed by atoms with Gasteiger partial charge in [-0.15, -0.1) is 0 Å². The Balaban J connectivity index is 1.36. The fraction of sp³-hybridized carbons (Fsp3) is 0.500. The van der Waals surface area contributed by atoms with E-state index in [1.54, 1.807) is 12.3 Å². The van der Waals surface area contributed by atoms with Crippen LogP contribution >= 0.6 is 0 Å².